The summed E-state index contributed by atoms with van der Waals surface area (Å²) in [6.45, 7) is 21.3. The molecule has 1 N–H and O–H groups in total. The van der Waals surface area contributed by atoms with Gasteiger partial charge in [-0.05, 0) is 97.8 Å². The van der Waals surface area contributed by atoms with Crippen molar-refractivity contribution < 1.29 is 0 Å². The zero-order valence-corrected chi connectivity index (χ0v) is 34.9. The Morgan fingerprint density at radius 2 is 1.07 bits per heavy atom. The number of rotatable bonds is 7. The molecule has 0 radical (unpaired) electrons. The van der Waals surface area contributed by atoms with E-state index in [-0.39, 0.29) is 0 Å². The number of aromatic amines is 1. The first-order valence-corrected chi connectivity index (χ1v) is 20.4. The van der Waals surface area contributed by atoms with Gasteiger partial charge in [0.15, 0.2) is 0 Å². The molecular weight excluding hydrogens is 697 g/mol. The highest BCUT2D eigenvalue weighted by Gasteiger charge is 2.16. The minimum Gasteiger partial charge on any atom is -0.355 e. The molecule has 0 aliphatic heterocycles. The first-order valence-electron chi connectivity index (χ1n) is 19.6. The second-order valence-corrected chi connectivity index (χ2v) is 13.3. The van der Waals surface area contributed by atoms with Crippen LogP contribution in [-0.2, 0) is 0 Å². The number of H-pyrrole nitrogens is 1. The molecule has 0 saturated carbocycles. The predicted molar refractivity (Wildman–Crippen MR) is 256 cm³/mol. The summed E-state index contributed by atoms with van der Waals surface area (Å²) in [6.07, 6.45) is 16.3. The van der Waals surface area contributed by atoms with Crippen LogP contribution in [0.25, 0.3) is 52.8 Å². The fourth-order valence-electron chi connectivity index (χ4n) is 6.42. The van der Waals surface area contributed by atoms with E-state index in [9.17, 15) is 0 Å². The van der Waals surface area contributed by atoms with Crippen LogP contribution in [0.1, 0.15) is 48.5 Å². The number of nitrogens with zero attached hydrogens (tertiary/aromatic N) is 1. The average Bonchev–Trinajstić information content (AvgIpc) is 3.81. The molecule has 56 heavy (non-hydrogen) atoms. The van der Waals surface area contributed by atoms with E-state index in [1.807, 2.05) is 65.0 Å². The van der Waals surface area contributed by atoms with E-state index < -0.39 is 0 Å². The summed E-state index contributed by atoms with van der Waals surface area (Å²) in [5.41, 5.74) is 6.85. The molecule has 2 heterocycles. The van der Waals surface area contributed by atoms with Gasteiger partial charge in [-0.2, -0.15) is 0 Å². The van der Waals surface area contributed by atoms with Crippen molar-refractivity contribution in [3.63, 3.8) is 0 Å². The summed E-state index contributed by atoms with van der Waals surface area (Å²) in [5, 5.41) is 7.65. The van der Waals surface area contributed by atoms with Crippen LogP contribution in [0.4, 0.5) is 11.4 Å². The molecular formula is C53H56N2S. The van der Waals surface area contributed by atoms with Crippen LogP contribution < -0.4 is 4.90 Å². The van der Waals surface area contributed by atoms with Gasteiger partial charge in [0.2, 0.25) is 0 Å². The molecule has 3 heteroatoms. The molecule has 8 aromatic rings. The lowest BCUT2D eigenvalue weighted by atomic mass is 10.1. The fraction of sp³-hybridized carbons (Fsp3) is 0.132. The molecule has 2 aromatic heterocycles. The Hall–Kier alpha value is -6.16. The van der Waals surface area contributed by atoms with Gasteiger partial charge in [-0.15, -0.1) is 17.9 Å². The van der Waals surface area contributed by atoms with Crippen molar-refractivity contribution in [1.29, 1.82) is 0 Å². The van der Waals surface area contributed by atoms with Gasteiger partial charge in [-0.1, -0.05) is 156 Å². The number of para-hydroxylation sites is 2. The van der Waals surface area contributed by atoms with Crippen LogP contribution in [0.15, 0.2) is 206 Å². The number of benzene rings is 6. The van der Waals surface area contributed by atoms with Crippen molar-refractivity contribution in [3.05, 3.63) is 206 Å². The average molecular weight is 753 g/mol. The Morgan fingerprint density at radius 1 is 0.554 bits per heavy atom. The summed E-state index contributed by atoms with van der Waals surface area (Å²) >= 11 is 1.85. The van der Waals surface area contributed by atoms with Crippen LogP contribution in [0.3, 0.4) is 0 Å². The lowest BCUT2D eigenvalue weighted by molar-refractivity contribution is 1.21. The number of fused-ring (bicyclic) bond motifs is 7. The summed E-state index contributed by atoms with van der Waals surface area (Å²) in [5.74, 6) is 0. The van der Waals surface area contributed by atoms with E-state index >= 15 is 0 Å². The molecule has 0 unspecified atom stereocenters. The largest absolute Gasteiger partial charge is 0.355 e. The monoisotopic (exact) mass is 752 g/mol. The highest BCUT2D eigenvalue weighted by atomic mass is 32.1. The number of nitrogens with one attached hydrogen (secondary N) is 1. The molecule has 0 amide bonds. The zero-order valence-electron chi connectivity index (χ0n) is 34.1. The van der Waals surface area contributed by atoms with Gasteiger partial charge in [0, 0.05) is 59.0 Å². The first-order chi connectivity index (χ1) is 27.6. The number of thiophene rings is 1. The highest BCUT2D eigenvalue weighted by Crippen LogP contribution is 2.40. The Balaban J connectivity index is 0.000000286. The second-order valence-electron chi connectivity index (χ2n) is 12.2. The standard InChI is InChI=1S/C34H29NS.C12H9N.C3H6.2C2H6/c1-4-11-25(12-5-2)22-28(13-6-3)35(29-19-18-26-14-7-8-15-27(26)23-29)30-20-21-34-32(24-30)31-16-9-10-17-33(31)36-34;1-3-7-11-9(5-1)10-6-2-4-8-12(10)13-11;1-3-2;2*1-2/h4-24H,1H2,2-3H3;1-8,13H;3H,1H2,2H3;2*1-2H3/b12-5-,13-6-,25-11+,28-22+;;;;. The fourth-order valence-corrected chi connectivity index (χ4v) is 7.51. The second kappa shape index (κ2) is 22.3. The van der Waals surface area contributed by atoms with E-state index in [1.54, 1.807) is 6.08 Å². The first kappa shape index (κ1) is 42.6. The van der Waals surface area contributed by atoms with Crippen LogP contribution in [-0.4, -0.2) is 4.98 Å². The maximum absolute atomic E-state index is 3.92. The van der Waals surface area contributed by atoms with Crippen LogP contribution >= 0.6 is 11.3 Å². The van der Waals surface area contributed by atoms with Crippen LogP contribution in [0.2, 0.25) is 0 Å². The lowest BCUT2D eigenvalue weighted by Crippen LogP contribution is -2.15. The highest BCUT2D eigenvalue weighted by molar-refractivity contribution is 7.25. The maximum atomic E-state index is 3.92. The van der Waals surface area contributed by atoms with E-state index in [0.29, 0.717) is 0 Å². The van der Waals surface area contributed by atoms with Crippen molar-refractivity contribution in [3.8, 4) is 0 Å². The zero-order chi connectivity index (χ0) is 40.3. The third kappa shape index (κ3) is 10.3. The minimum atomic E-state index is 1.08. The molecule has 0 saturated heterocycles. The Bertz CT molecular complexity index is 2560. The van der Waals surface area contributed by atoms with Crippen LogP contribution in [0.5, 0.6) is 0 Å². The molecule has 8 rings (SSSR count). The number of hydrogen-bond acceptors (Lipinski definition) is 2. The quantitative estimate of drug-likeness (QED) is 0.127. The van der Waals surface area contributed by atoms with Gasteiger partial charge in [0.25, 0.3) is 0 Å². The lowest BCUT2D eigenvalue weighted by Gasteiger charge is -2.27. The van der Waals surface area contributed by atoms with Crippen molar-refractivity contribution in [1.82, 2.24) is 4.98 Å². The summed E-state index contributed by atoms with van der Waals surface area (Å²) < 4.78 is 2.62. The van der Waals surface area contributed by atoms with Gasteiger partial charge in [0.05, 0.1) is 0 Å². The molecule has 0 aliphatic carbocycles. The van der Waals surface area contributed by atoms with Gasteiger partial charge >= 0.3 is 0 Å². The molecule has 0 aliphatic rings. The topological polar surface area (TPSA) is 19.0 Å². The number of allylic oxidation sites excluding steroid dienone is 9. The number of hydrogen-bond donors (Lipinski definition) is 1. The minimum absolute atomic E-state index is 1.08. The number of aromatic nitrogens is 1. The SMILES string of the molecule is C=C/C=C(\C=C/C)/C=C(\C=C/C)N(c1ccc2ccccc2c1)c1ccc2sc3ccccc3c2c1.C=CC.CC.CC.c1ccc2c(c1)[nH]c1ccccc12. The van der Waals surface area contributed by atoms with Gasteiger partial charge in [-0.25, -0.2) is 0 Å². The maximum Gasteiger partial charge on any atom is 0.0468 e. The molecule has 2 nitrogen and oxygen atoms in total. The third-order valence-corrected chi connectivity index (χ3v) is 9.75. The van der Waals surface area contributed by atoms with E-state index in [1.165, 1.54) is 52.8 Å². The molecule has 0 fully saturated rings. The Kier molecular flexibility index (Phi) is 16.9. The normalized spacial score (nSPS) is 11.3. The van der Waals surface area contributed by atoms with Crippen molar-refractivity contribution in [2.45, 2.75) is 48.5 Å². The molecule has 6 aromatic carbocycles. The van der Waals surface area contributed by atoms with Gasteiger partial charge in [-0.3, -0.25) is 0 Å². The summed E-state index contributed by atoms with van der Waals surface area (Å²) in [7, 11) is 0. The molecule has 0 spiro atoms. The van der Waals surface area contributed by atoms with Crippen LogP contribution in [0, 0.1) is 0 Å². The van der Waals surface area contributed by atoms with Gasteiger partial charge in [0.1, 0.15) is 0 Å². The Morgan fingerprint density at radius 3 is 1.70 bits per heavy atom. The van der Waals surface area contributed by atoms with E-state index in [0.717, 1.165) is 22.6 Å². The molecule has 284 valence electrons. The smallest absolute Gasteiger partial charge is 0.0468 e. The van der Waals surface area contributed by atoms with Crippen molar-refractivity contribution in [2.75, 3.05) is 4.90 Å². The molecule has 0 bridgehead atoms. The molecule has 0 atom stereocenters. The van der Waals surface area contributed by atoms with Crippen molar-refractivity contribution >= 4 is 75.5 Å². The van der Waals surface area contributed by atoms with Gasteiger partial charge < -0.3 is 9.88 Å². The Labute approximate surface area is 338 Å². The summed E-state index contributed by atoms with van der Waals surface area (Å²) in [4.78, 5) is 5.72. The third-order valence-electron chi connectivity index (χ3n) is 8.60. The van der Waals surface area contributed by atoms with E-state index in [4.69, 9.17) is 0 Å². The summed E-state index contributed by atoms with van der Waals surface area (Å²) in [6, 6.07) is 47.4. The van der Waals surface area contributed by atoms with Crippen molar-refractivity contribution in [2.24, 2.45) is 0 Å². The van der Waals surface area contributed by atoms with E-state index in [2.05, 4.69) is 194 Å². The number of anilines is 2. The predicted octanol–water partition coefficient (Wildman–Crippen LogP) is 17.1.